The molecule has 5 aliphatic rings. The maximum atomic E-state index is 14.6. The van der Waals surface area contributed by atoms with Gasteiger partial charge in [0, 0.05) is 30.5 Å². The van der Waals surface area contributed by atoms with Crippen LogP contribution in [-0.2, 0) is 25.7 Å². The summed E-state index contributed by atoms with van der Waals surface area (Å²) in [6.45, 7) is 12.6. The lowest BCUT2D eigenvalue weighted by atomic mass is 9.42. The van der Waals surface area contributed by atoms with E-state index in [4.69, 9.17) is 16.3 Å². The average molecular weight is 714 g/mol. The third kappa shape index (κ3) is 6.38. The highest BCUT2D eigenvalue weighted by Gasteiger charge is 2.62. The van der Waals surface area contributed by atoms with E-state index in [1.807, 2.05) is 0 Å². The number of carbonyl (C=O) groups is 3. The topological polar surface area (TPSA) is 113 Å². The molecular weight excluding hydrogens is 657 g/mol. The minimum atomic E-state index is -1.16. The maximum absolute atomic E-state index is 14.6. The van der Waals surface area contributed by atoms with E-state index in [2.05, 4.69) is 33.0 Å². The van der Waals surface area contributed by atoms with Gasteiger partial charge in [-0.3, -0.25) is 14.4 Å². The normalized spacial score (nSPS) is 36.0. The number of ether oxygens (including phenoxy) is 1. The van der Waals surface area contributed by atoms with Crippen LogP contribution in [0.1, 0.15) is 111 Å². The number of Topliss-reactive ketones (excluding diaryl/α,β-unsaturated/α-hetero) is 1. The van der Waals surface area contributed by atoms with E-state index < -0.39 is 34.7 Å². The van der Waals surface area contributed by atoms with Gasteiger partial charge in [-0.05, 0) is 124 Å². The lowest BCUT2D eigenvalue weighted by molar-refractivity contribution is -0.176. The molecule has 276 valence electrons. The summed E-state index contributed by atoms with van der Waals surface area (Å²) in [5, 5.41) is 24.8. The van der Waals surface area contributed by atoms with Gasteiger partial charge in [0.15, 0.2) is 5.78 Å². The average Bonchev–Trinajstić information content (AvgIpc) is 3.37. The molecule has 50 heavy (non-hydrogen) atoms. The number of ketones is 1. The molecule has 0 amide bonds. The number of allylic oxidation sites excluding steroid dienone is 1. The molecule has 7 nitrogen and oxygen atoms in total. The van der Waals surface area contributed by atoms with Crippen LogP contribution in [-0.4, -0.2) is 46.7 Å². The number of fused-ring (bicyclic) bond motifs is 7. The van der Waals surface area contributed by atoms with Crippen LogP contribution in [0.5, 0.6) is 0 Å². The van der Waals surface area contributed by atoms with Crippen molar-refractivity contribution in [3.63, 3.8) is 0 Å². The molecule has 4 saturated carbocycles. The first-order chi connectivity index (χ1) is 23.5. The first-order valence-electron chi connectivity index (χ1n) is 19.0. The highest BCUT2D eigenvalue weighted by atomic mass is 35.5. The predicted octanol–water partition coefficient (Wildman–Crippen LogP) is 8.15. The number of halogens is 2. The van der Waals surface area contributed by atoms with E-state index in [1.165, 1.54) is 11.6 Å². The lowest BCUT2D eigenvalue weighted by Crippen LogP contribution is -2.57. The Balaban J connectivity index is 1.18. The Labute approximate surface area is 302 Å². The molecule has 0 aliphatic heterocycles. The first kappa shape index (κ1) is 37.5. The van der Waals surface area contributed by atoms with Gasteiger partial charge in [-0.2, -0.15) is 0 Å². The molecule has 10 atom stereocenters. The quantitative estimate of drug-likeness (QED) is 0.210. The second-order valence-electron chi connectivity index (χ2n) is 17.7. The van der Waals surface area contributed by atoms with Crippen molar-refractivity contribution < 1.29 is 33.7 Å². The molecular formula is C41H57ClFNO6. The Morgan fingerprint density at radius 1 is 1.08 bits per heavy atom. The van der Waals surface area contributed by atoms with Crippen molar-refractivity contribution >= 4 is 29.3 Å². The van der Waals surface area contributed by atoms with Crippen molar-refractivity contribution in [2.24, 2.45) is 57.7 Å². The molecule has 1 aromatic rings. The van der Waals surface area contributed by atoms with Gasteiger partial charge < -0.3 is 20.3 Å². The summed E-state index contributed by atoms with van der Waals surface area (Å²) in [5.74, 6) is 0.888. The molecule has 0 saturated heterocycles. The second kappa shape index (κ2) is 13.9. The van der Waals surface area contributed by atoms with Crippen LogP contribution in [0.15, 0.2) is 29.3 Å². The largest absolute Gasteiger partial charge is 0.481 e. The lowest BCUT2D eigenvalue weighted by Gasteiger charge is -2.63. The first-order valence-corrected chi connectivity index (χ1v) is 19.4. The third-order valence-electron chi connectivity index (χ3n) is 14.3. The molecule has 0 radical (unpaired) electrons. The standard InChI is InChI=1S/C41H57ClFNO6/c1-22(2)35-31(45)18-41(33(46)21-44-20-24-8-7-9-30(42)37(24)43)17-14-25-26-10-12-28-23(3)32(50-34(47)19-39(4,5)38(48)49)15-16-40(28,6)29(26)13-11-27(25)36(35)41/h7-9,22-23,25-29,32-33,44,46H,10-21H2,1-6H3,(H,48,49). The summed E-state index contributed by atoms with van der Waals surface area (Å²) >= 11 is 6.00. The van der Waals surface area contributed by atoms with E-state index in [0.29, 0.717) is 35.7 Å². The van der Waals surface area contributed by atoms with Crippen LogP contribution in [0.3, 0.4) is 0 Å². The third-order valence-corrected chi connectivity index (χ3v) is 14.6. The minimum Gasteiger partial charge on any atom is -0.481 e. The Kier molecular flexibility index (Phi) is 10.4. The molecule has 3 N–H and O–H groups in total. The summed E-state index contributed by atoms with van der Waals surface area (Å²) in [7, 11) is 0. The molecule has 4 fully saturated rings. The van der Waals surface area contributed by atoms with Gasteiger partial charge in [0.1, 0.15) is 11.9 Å². The van der Waals surface area contributed by atoms with E-state index in [9.17, 15) is 29.0 Å². The summed E-state index contributed by atoms with van der Waals surface area (Å²) < 4.78 is 20.6. The Bertz CT molecular complexity index is 1540. The number of carboxylic acid groups (broad SMARTS) is 1. The van der Waals surface area contributed by atoms with Gasteiger partial charge in [-0.15, -0.1) is 0 Å². The number of benzene rings is 1. The van der Waals surface area contributed by atoms with Crippen molar-refractivity contribution in [2.45, 2.75) is 125 Å². The molecule has 1 aromatic carbocycles. The summed E-state index contributed by atoms with van der Waals surface area (Å²) in [4.78, 5) is 38.3. The van der Waals surface area contributed by atoms with Crippen molar-refractivity contribution in [2.75, 3.05) is 6.54 Å². The van der Waals surface area contributed by atoms with Crippen molar-refractivity contribution in [3.8, 4) is 0 Å². The van der Waals surface area contributed by atoms with Gasteiger partial charge in [0.2, 0.25) is 0 Å². The molecule has 0 aromatic heterocycles. The summed E-state index contributed by atoms with van der Waals surface area (Å²) in [6.07, 6.45) is 7.11. The molecule has 9 heteroatoms. The number of hydrogen-bond donors (Lipinski definition) is 3. The minimum absolute atomic E-state index is 0.0801. The van der Waals surface area contributed by atoms with Gasteiger partial charge in [-0.25, -0.2) is 4.39 Å². The zero-order valence-corrected chi connectivity index (χ0v) is 31.5. The molecule has 5 aliphatic carbocycles. The van der Waals surface area contributed by atoms with Crippen LogP contribution in [0, 0.1) is 63.5 Å². The van der Waals surface area contributed by atoms with Crippen LogP contribution >= 0.6 is 11.6 Å². The number of hydrogen-bond acceptors (Lipinski definition) is 6. The zero-order chi connectivity index (χ0) is 36.3. The Hall–Kier alpha value is -2.29. The smallest absolute Gasteiger partial charge is 0.309 e. The number of nitrogens with one attached hydrogen (secondary N) is 1. The fraction of sp³-hybridized carbons (Fsp3) is 0.732. The molecule has 0 spiro atoms. The van der Waals surface area contributed by atoms with Crippen molar-refractivity contribution in [1.29, 1.82) is 0 Å². The second-order valence-corrected chi connectivity index (χ2v) is 18.1. The Morgan fingerprint density at radius 2 is 1.80 bits per heavy atom. The van der Waals surface area contributed by atoms with Gasteiger partial charge in [0.05, 0.1) is 23.0 Å². The number of aliphatic hydroxyl groups is 1. The summed E-state index contributed by atoms with van der Waals surface area (Å²) in [5.41, 5.74) is 1.02. The van der Waals surface area contributed by atoms with E-state index in [-0.39, 0.29) is 59.6 Å². The number of carbonyl (C=O) groups excluding carboxylic acids is 2. The zero-order valence-electron chi connectivity index (χ0n) is 30.7. The molecule has 10 unspecified atom stereocenters. The number of aliphatic hydroxyl groups excluding tert-OH is 1. The highest BCUT2D eigenvalue weighted by molar-refractivity contribution is 6.30. The SMILES string of the molecule is CC(C)C1=C2C3CCC4C(CCC5C(C)C(OC(=O)CC(C)(C)C(=O)O)CCC54C)C3CCC2(C(O)CNCc2cccc(Cl)c2F)CC1=O. The Morgan fingerprint density at radius 3 is 2.50 bits per heavy atom. The van der Waals surface area contributed by atoms with Crippen molar-refractivity contribution in [1.82, 2.24) is 5.32 Å². The van der Waals surface area contributed by atoms with E-state index in [0.717, 1.165) is 56.9 Å². The van der Waals surface area contributed by atoms with Crippen LogP contribution in [0.2, 0.25) is 5.02 Å². The van der Waals surface area contributed by atoms with Crippen LogP contribution in [0.4, 0.5) is 4.39 Å². The monoisotopic (exact) mass is 713 g/mol. The number of rotatable bonds is 10. The fourth-order valence-electron chi connectivity index (χ4n) is 11.8. The van der Waals surface area contributed by atoms with Gasteiger partial charge >= 0.3 is 11.9 Å². The fourth-order valence-corrected chi connectivity index (χ4v) is 12.0. The van der Waals surface area contributed by atoms with Gasteiger partial charge in [-0.1, -0.05) is 57.0 Å². The number of aliphatic carboxylic acids is 1. The van der Waals surface area contributed by atoms with E-state index >= 15 is 0 Å². The maximum Gasteiger partial charge on any atom is 0.309 e. The highest BCUT2D eigenvalue weighted by Crippen LogP contribution is 2.68. The predicted molar refractivity (Wildman–Crippen MR) is 191 cm³/mol. The molecule has 0 bridgehead atoms. The molecule has 0 heterocycles. The van der Waals surface area contributed by atoms with E-state index in [1.54, 1.807) is 26.0 Å². The molecule has 6 rings (SSSR count). The summed E-state index contributed by atoms with van der Waals surface area (Å²) in [6, 6.07) is 4.95. The number of esters is 1. The van der Waals surface area contributed by atoms with Crippen LogP contribution < -0.4 is 5.32 Å². The van der Waals surface area contributed by atoms with Gasteiger partial charge in [0.25, 0.3) is 0 Å². The van der Waals surface area contributed by atoms with Crippen LogP contribution in [0.25, 0.3) is 0 Å². The van der Waals surface area contributed by atoms with Crippen molar-refractivity contribution in [3.05, 3.63) is 45.7 Å². The number of carboxylic acids is 1.